The van der Waals surface area contributed by atoms with Crippen LogP contribution in [0.4, 0.5) is 5.82 Å². The lowest BCUT2D eigenvalue weighted by atomic mass is 10.3. The van der Waals surface area contributed by atoms with Crippen molar-refractivity contribution >= 4 is 44.7 Å². The van der Waals surface area contributed by atoms with Crippen LogP contribution >= 0.6 is 38.9 Å². The van der Waals surface area contributed by atoms with Gasteiger partial charge in [-0.1, -0.05) is 11.6 Å². The van der Waals surface area contributed by atoms with Crippen molar-refractivity contribution in [2.75, 3.05) is 11.9 Å². The van der Waals surface area contributed by atoms with Crippen LogP contribution < -0.4 is 5.32 Å². The first-order valence-corrected chi connectivity index (χ1v) is 6.83. The average molecular weight is 318 g/mol. The molecule has 0 spiro atoms. The van der Waals surface area contributed by atoms with Gasteiger partial charge in [0.05, 0.1) is 8.81 Å². The third kappa shape index (κ3) is 3.20. The molecule has 2 heterocycles. The molecule has 0 saturated carbocycles. The van der Waals surface area contributed by atoms with Gasteiger partial charge in [0.1, 0.15) is 5.82 Å². The number of anilines is 1. The van der Waals surface area contributed by atoms with Gasteiger partial charge in [0.2, 0.25) is 0 Å². The molecule has 2 aromatic rings. The highest BCUT2D eigenvalue weighted by molar-refractivity contribution is 9.10. The standard InChI is InChI=1S/C11H10BrClN2S/c12-9-2-1-6-14-11(9)15-7-5-8-3-4-10(13)16-8/h1-4,6H,5,7H2,(H,14,15). The number of pyridine rings is 1. The molecule has 2 aromatic heterocycles. The summed E-state index contributed by atoms with van der Waals surface area (Å²) in [6.07, 6.45) is 2.73. The van der Waals surface area contributed by atoms with Crippen molar-refractivity contribution in [2.24, 2.45) is 0 Å². The van der Waals surface area contributed by atoms with Crippen LogP contribution in [0.3, 0.4) is 0 Å². The summed E-state index contributed by atoms with van der Waals surface area (Å²) in [4.78, 5) is 5.52. The van der Waals surface area contributed by atoms with Crippen molar-refractivity contribution in [1.29, 1.82) is 0 Å². The van der Waals surface area contributed by atoms with E-state index in [9.17, 15) is 0 Å². The summed E-state index contributed by atoms with van der Waals surface area (Å²) in [5.41, 5.74) is 0. The van der Waals surface area contributed by atoms with Gasteiger partial charge in [-0.15, -0.1) is 11.3 Å². The Labute approximate surface area is 112 Å². The fraction of sp³-hybridized carbons (Fsp3) is 0.182. The van der Waals surface area contributed by atoms with E-state index in [0.717, 1.165) is 27.6 Å². The Bertz CT molecular complexity index is 473. The topological polar surface area (TPSA) is 24.9 Å². The zero-order chi connectivity index (χ0) is 11.4. The Balaban J connectivity index is 1.87. The summed E-state index contributed by atoms with van der Waals surface area (Å²) >= 11 is 10.9. The minimum absolute atomic E-state index is 0.842. The van der Waals surface area contributed by atoms with Gasteiger partial charge in [0.25, 0.3) is 0 Å². The van der Waals surface area contributed by atoms with Crippen LogP contribution in [0.25, 0.3) is 0 Å². The van der Waals surface area contributed by atoms with E-state index >= 15 is 0 Å². The zero-order valence-electron chi connectivity index (χ0n) is 8.41. The Morgan fingerprint density at radius 1 is 1.38 bits per heavy atom. The molecule has 2 rings (SSSR count). The molecule has 0 fully saturated rings. The van der Waals surface area contributed by atoms with Gasteiger partial charge in [-0.2, -0.15) is 0 Å². The summed E-state index contributed by atoms with van der Waals surface area (Å²) in [5, 5.41) is 3.28. The largest absolute Gasteiger partial charge is 0.369 e. The lowest BCUT2D eigenvalue weighted by molar-refractivity contribution is 1.03. The third-order valence-electron chi connectivity index (χ3n) is 2.05. The maximum absolute atomic E-state index is 5.86. The molecule has 84 valence electrons. The van der Waals surface area contributed by atoms with Crippen molar-refractivity contribution in [1.82, 2.24) is 4.98 Å². The third-order valence-corrected chi connectivity index (χ3v) is 3.98. The molecule has 0 aliphatic carbocycles. The number of aromatic nitrogens is 1. The van der Waals surface area contributed by atoms with Gasteiger partial charge in [0, 0.05) is 17.6 Å². The molecule has 2 nitrogen and oxygen atoms in total. The fourth-order valence-corrected chi connectivity index (χ4v) is 2.79. The van der Waals surface area contributed by atoms with Crippen molar-refractivity contribution in [3.05, 3.63) is 44.1 Å². The highest BCUT2D eigenvalue weighted by Crippen LogP contribution is 2.22. The van der Waals surface area contributed by atoms with E-state index in [2.05, 4.69) is 32.3 Å². The fourth-order valence-electron chi connectivity index (χ4n) is 1.31. The van der Waals surface area contributed by atoms with Gasteiger partial charge in [-0.05, 0) is 46.6 Å². The van der Waals surface area contributed by atoms with E-state index in [1.165, 1.54) is 4.88 Å². The predicted octanol–water partition coefficient (Wildman–Crippen LogP) is 4.21. The number of hydrogen-bond donors (Lipinski definition) is 1. The minimum atomic E-state index is 0.842. The number of thiophene rings is 1. The van der Waals surface area contributed by atoms with E-state index in [0.29, 0.717) is 0 Å². The van der Waals surface area contributed by atoms with E-state index in [-0.39, 0.29) is 0 Å². The molecule has 0 amide bonds. The Morgan fingerprint density at radius 2 is 2.25 bits per heavy atom. The van der Waals surface area contributed by atoms with Gasteiger partial charge in [-0.3, -0.25) is 0 Å². The second-order valence-electron chi connectivity index (χ2n) is 3.22. The lowest BCUT2D eigenvalue weighted by Gasteiger charge is -2.05. The molecule has 0 radical (unpaired) electrons. The minimum Gasteiger partial charge on any atom is -0.369 e. The molecule has 0 saturated heterocycles. The van der Waals surface area contributed by atoms with E-state index in [1.54, 1.807) is 17.5 Å². The van der Waals surface area contributed by atoms with Crippen LogP contribution in [0.15, 0.2) is 34.9 Å². The Morgan fingerprint density at radius 3 is 2.94 bits per heavy atom. The highest BCUT2D eigenvalue weighted by atomic mass is 79.9. The lowest BCUT2D eigenvalue weighted by Crippen LogP contribution is -2.05. The first kappa shape index (κ1) is 11.9. The number of nitrogens with zero attached hydrogens (tertiary/aromatic N) is 1. The highest BCUT2D eigenvalue weighted by Gasteiger charge is 2.00. The quantitative estimate of drug-likeness (QED) is 0.913. The Kier molecular flexibility index (Phi) is 4.21. The van der Waals surface area contributed by atoms with Crippen molar-refractivity contribution in [2.45, 2.75) is 6.42 Å². The summed E-state index contributed by atoms with van der Waals surface area (Å²) in [7, 11) is 0. The van der Waals surface area contributed by atoms with E-state index < -0.39 is 0 Å². The summed E-state index contributed by atoms with van der Waals surface area (Å²) < 4.78 is 1.83. The molecule has 0 aliphatic rings. The van der Waals surface area contributed by atoms with Crippen LogP contribution in [0.1, 0.15) is 4.88 Å². The van der Waals surface area contributed by atoms with Gasteiger partial charge < -0.3 is 5.32 Å². The van der Waals surface area contributed by atoms with Gasteiger partial charge >= 0.3 is 0 Å². The molecule has 0 aromatic carbocycles. The van der Waals surface area contributed by atoms with Crippen molar-refractivity contribution in [3.8, 4) is 0 Å². The number of nitrogens with one attached hydrogen (secondary N) is 1. The van der Waals surface area contributed by atoms with Crippen LogP contribution in [0.5, 0.6) is 0 Å². The molecular formula is C11H10BrClN2S. The molecule has 0 aliphatic heterocycles. The summed E-state index contributed by atoms with van der Waals surface area (Å²) in [6.45, 7) is 0.854. The molecule has 1 N–H and O–H groups in total. The number of halogens is 2. The molecule has 16 heavy (non-hydrogen) atoms. The second kappa shape index (κ2) is 5.66. The average Bonchev–Trinajstić information content (AvgIpc) is 2.67. The first-order valence-electron chi connectivity index (χ1n) is 4.84. The molecule has 0 atom stereocenters. The van der Waals surface area contributed by atoms with Crippen LogP contribution in [0, 0.1) is 0 Å². The maximum Gasteiger partial charge on any atom is 0.140 e. The normalized spacial score (nSPS) is 10.4. The molecule has 5 heteroatoms. The van der Waals surface area contributed by atoms with Crippen LogP contribution in [-0.4, -0.2) is 11.5 Å². The van der Waals surface area contributed by atoms with Crippen LogP contribution in [-0.2, 0) is 6.42 Å². The van der Waals surface area contributed by atoms with E-state index in [4.69, 9.17) is 11.6 Å². The molecule has 0 unspecified atom stereocenters. The number of hydrogen-bond acceptors (Lipinski definition) is 3. The summed E-state index contributed by atoms with van der Waals surface area (Å²) in [5.74, 6) is 0.880. The summed E-state index contributed by atoms with van der Waals surface area (Å²) in [6, 6.07) is 7.85. The first-order chi connectivity index (χ1) is 7.75. The second-order valence-corrected chi connectivity index (χ2v) is 5.87. The Hall–Kier alpha value is -0.580. The van der Waals surface area contributed by atoms with Crippen molar-refractivity contribution in [3.63, 3.8) is 0 Å². The van der Waals surface area contributed by atoms with Gasteiger partial charge in [0.15, 0.2) is 0 Å². The predicted molar refractivity (Wildman–Crippen MR) is 73.5 cm³/mol. The monoisotopic (exact) mass is 316 g/mol. The van der Waals surface area contributed by atoms with Gasteiger partial charge in [-0.25, -0.2) is 4.98 Å². The number of rotatable bonds is 4. The van der Waals surface area contributed by atoms with Crippen LogP contribution in [0.2, 0.25) is 4.34 Å². The smallest absolute Gasteiger partial charge is 0.140 e. The maximum atomic E-state index is 5.86. The zero-order valence-corrected chi connectivity index (χ0v) is 11.6. The molecule has 0 bridgehead atoms. The van der Waals surface area contributed by atoms with E-state index in [1.807, 2.05) is 18.2 Å². The SMILES string of the molecule is Clc1ccc(CCNc2ncccc2Br)s1. The molecular weight excluding hydrogens is 308 g/mol. The van der Waals surface area contributed by atoms with Crippen molar-refractivity contribution < 1.29 is 0 Å².